The molecule has 3 heterocycles. The van der Waals surface area contributed by atoms with Crippen LogP contribution >= 0.6 is 0 Å². The fourth-order valence-corrected chi connectivity index (χ4v) is 4.15. The van der Waals surface area contributed by atoms with Gasteiger partial charge >= 0.3 is 5.69 Å². The van der Waals surface area contributed by atoms with E-state index in [0.717, 1.165) is 46.5 Å². The Kier molecular flexibility index (Phi) is 6.11. The summed E-state index contributed by atoms with van der Waals surface area (Å²) >= 11 is 0. The number of nitrogens with zero attached hydrogens (tertiary/aromatic N) is 6. The molecule has 0 unspecified atom stereocenters. The Morgan fingerprint density at radius 3 is 2.44 bits per heavy atom. The summed E-state index contributed by atoms with van der Waals surface area (Å²) in [6.07, 6.45) is 5.59. The number of rotatable bonds is 8. The van der Waals surface area contributed by atoms with E-state index < -0.39 is 0 Å². The van der Waals surface area contributed by atoms with E-state index in [2.05, 4.69) is 32.5 Å². The zero-order chi connectivity index (χ0) is 23.3. The van der Waals surface area contributed by atoms with Crippen LogP contribution in [0.2, 0.25) is 0 Å². The van der Waals surface area contributed by atoms with E-state index in [1.165, 1.54) is 0 Å². The number of hydrogen-bond acceptors (Lipinski definition) is 5. The van der Waals surface area contributed by atoms with Crippen LogP contribution in [-0.4, -0.2) is 34.7 Å². The highest BCUT2D eigenvalue weighted by atomic mass is 16.1. The van der Waals surface area contributed by atoms with Crippen molar-refractivity contribution in [2.24, 2.45) is 0 Å². The molecule has 0 saturated carbocycles. The van der Waals surface area contributed by atoms with Crippen LogP contribution in [0.4, 0.5) is 0 Å². The molecule has 2 aromatic carbocycles. The summed E-state index contributed by atoms with van der Waals surface area (Å²) in [6, 6.07) is 22.0. The molecule has 0 aliphatic rings. The highest BCUT2D eigenvalue weighted by molar-refractivity contribution is 5.76. The number of nitrogens with one attached hydrogen (secondary N) is 1. The number of aromatic nitrogens is 7. The minimum Gasteiger partial charge on any atom is -0.295 e. The van der Waals surface area contributed by atoms with Crippen molar-refractivity contribution in [3.63, 3.8) is 0 Å². The summed E-state index contributed by atoms with van der Waals surface area (Å²) in [4.78, 5) is 17.8. The first-order valence-corrected chi connectivity index (χ1v) is 11.3. The van der Waals surface area contributed by atoms with E-state index in [4.69, 9.17) is 0 Å². The molecule has 0 spiro atoms. The highest BCUT2D eigenvalue weighted by Gasteiger charge is 2.14. The molecule has 0 fully saturated rings. The van der Waals surface area contributed by atoms with E-state index in [-0.39, 0.29) is 5.69 Å². The molecule has 8 heteroatoms. The van der Waals surface area contributed by atoms with Crippen molar-refractivity contribution in [3.05, 3.63) is 106 Å². The first-order chi connectivity index (χ1) is 16.7. The zero-order valence-electron chi connectivity index (χ0n) is 18.9. The van der Waals surface area contributed by atoms with Crippen molar-refractivity contribution in [2.75, 3.05) is 0 Å². The molecular weight excluding hydrogens is 426 g/mol. The van der Waals surface area contributed by atoms with Crippen molar-refractivity contribution in [1.82, 2.24) is 34.7 Å². The predicted octanol–water partition coefficient (Wildman–Crippen LogP) is 3.94. The van der Waals surface area contributed by atoms with E-state index in [1.807, 2.05) is 77.5 Å². The molecule has 34 heavy (non-hydrogen) atoms. The smallest absolute Gasteiger partial charge is 0.295 e. The molecular formula is C26H25N7O. The quantitative estimate of drug-likeness (QED) is 0.386. The van der Waals surface area contributed by atoms with Gasteiger partial charge in [0.05, 0.1) is 18.8 Å². The van der Waals surface area contributed by atoms with Gasteiger partial charge in [-0.2, -0.15) is 0 Å². The van der Waals surface area contributed by atoms with Gasteiger partial charge in [-0.3, -0.25) is 14.1 Å². The fraction of sp³-hybridized carbons (Fsp3) is 0.192. The lowest BCUT2D eigenvalue weighted by Gasteiger charge is -2.09. The second-order valence-corrected chi connectivity index (χ2v) is 8.20. The minimum atomic E-state index is 0.0150. The van der Waals surface area contributed by atoms with Gasteiger partial charge in [-0.25, -0.2) is 9.89 Å². The van der Waals surface area contributed by atoms with Gasteiger partial charge in [-0.15, -0.1) is 5.10 Å². The molecule has 1 N–H and O–H groups in total. The standard InChI is InChI=1S/C26H25N7O/c1-2-7-22-18-32(16-19-8-4-3-5-9-19)26(34)33(22)17-20-11-13-21(14-12-20)24-23(10-6-15-27-24)25-28-30-31-29-25/h3-6,8-15,18H,2,7,16-17H2,1H3,(H,28,29,30,31). The van der Waals surface area contributed by atoms with Crippen LogP contribution in [0.1, 0.15) is 30.2 Å². The third-order valence-corrected chi connectivity index (χ3v) is 5.81. The van der Waals surface area contributed by atoms with Crippen molar-refractivity contribution in [3.8, 4) is 22.6 Å². The van der Waals surface area contributed by atoms with E-state index >= 15 is 0 Å². The molecule has 0 bridgehead atoms. The largest absolute Gasteiger partial charge is 0.328 e. The topological polar surface area (TPSA) is 94.3 Å². The molecule has 5 aromatic rings. The third kappa shape index (κ3) is 4.43. The minimum absolute atomic E-state index is 0.0150. The van der Waals surface area contributed by atoms with Crippen LogP contribution in [-0.2, 0) is 19.5 Å². The number of aryl methyl sites for hydroxylation is 1. The SMILES string of the molecule is CCCc1cn(Cc2ccccc2)c(=O)n1Cc1ccc(-c2ncccc2-c2nnn[nH]2)cc1. The number of aromatic amines is 1. The molecule has 0 saturated heterocycles. The van der Waals surface area contributed by atoms with Gasteiger partial charge in [0, 0.05) is 29.2 Å². The lowest BCUT2D eigenvalue weighted by molar-refractivity contribution is 0.664. The average molecular weight is 452 g/mol. The lowest BCUT2D eigenvalue weighted by atomic mass is 10.0. The van der Waals surface area contributed by atoms with Crippen LogP contribution in [0.15, 0.2) is 83.9 Å². The van der Waals surface area contributed by atoms with Crippen molar-refractivity contribution in [2.45, 2.75) is 32.9 Å². The molecule has 0 atom stereocenters. The predicted molar refractivity (Wildman–Crippen MR) is 130 cm³/mol. The first kappa shape index (κ1) is 21.5. The van der Waals surface area contributed by atoms with Crippen molar-refractivity contribution in [1.29, 1.82) is 0 Å². The zero-order valence-corrected chi connectivity index (χ0v) is 18.9. The van der Waals surface area contributed by atoms with Gasteiger partial charge in [0.1, 0.15) is 0 Å². The maximum atomic E-state index is 13.2. The summed E-state index contributed by atoms with van der Waals surface area (Å²) in [6.45, 7) is 3.23. The second-order valence-electron chi connectivity index (χ2n) is 8.20. The number of imidazole rings is 1. The van der Waals surface area contributed by atoms with Crippen LogP contribution < -0.4 is 5.69 Å². The van der Waals surface area contributed by atoms with Crippen molar-refractivity contribution < 1.29 is 0 Å². The molecule has 0 amide bonds. The lowest BCUT2D eigenvalue weighted by Crippen LogP contribution is -2.26. The third-order valence-electron chi connectivity index (χ3n) is 5.81. The van der Waals surface area contributed by atoms with Gasteiger partial charge in [-0.1, -0.05) is 67.9 Å². The number of H-pyrrole nitrogens is 1. The Balaban J connectivity index is 1.42. The van der Waals surface area contributed by atoms with Crippen molar-refractivity contribution >= 4 is 0 Å². The fourth-order valence-electron chi connectivity index (χ4n) is 4.15. The Morgan fingerprint density at radius 1 is 0.912 bits per heavy atom. The Hall–Kier alpha value is -4.33. The monoisotopic (exact) mass is 451 g/mol. The van der Waals surface area contributed by atoms with Crippen LogP contribution in [0, 0.1) is 0 Å². The molecule has 5 rings (SSSR count). The van der Waals surface area contributed by atoms with E-state index in [0.29, 0.717) is 18.9 Å². The van der Waals surface area contributed by atoms with Crippen LogP contribution in [0.25, 0.3) is 22.6 Å². The summed E-state index contributed by atoms with van der Waals surface area (Å²) in [5.74, 6) is 0.572. The first-order valence-electron chi connectivity index (χ1n) is 11.3. The molecule has 0 radical (unpaired) electrons. The van der Waals surface area contributed by atoms with Gasteiger partial charge in [-0.05, 0) is 40.1 Å². The Morgan fingerprint density at radius 2 is 1.71 bits per heavy atom. The average Bonchev–Trinajstić information content (AvgIpc) is 3.51. The van der Waals surface area contributed by atoms with Crippen LogP contribution in [0.3, 0.4) is 0 Å². The molecule has 0 aliphatic heterocycles. The molecule has 0 aliphatic carbocycles. The molecule has 3 aromatic heterocycles. The van der Waals surface area contributed by atoms with E-state index in [1.54, 1.807) is 10.8 Å². The molecule has 8 nitrogen and oxygen atoms in total. The summed E-state index contributed by atoms with van der Waals surface area (Å²) in [5.41, 5.74) is 5.82. The Labute approximate surface area is 196 Å². The number of pyridine rings is 1. The Bertz CT molecular complexity index is 1420. The van der Waals surface area contributed by atoms with Gasteiger partial charge in [0.25, 0.3) is 0 Å². The second kappa shape index (κ2) is 9.66. The summed E-state index contributed by atoms with van der Waals surface area (Å²) in [7, 11) is 0. The number of hydrogen-bond donors (Lipinski definition) is 1. The summed E-state index contributed by atoms with van der Waals surface area (Å²) in [5, 5.41) is 14.2. The van der Waals surface area contributed by atoms with Gasteiger partial charge in [0.15, 0.2) is 5.82 Å². The maximum absolute atomic E-state index is 13.2. The summed E-state index contributed by atoms with van der Waals surface area (Å²) < 4.78 is 3.69. The highest BCUT2D eigenvalue weighted by Crippen LogP contribution is 2.27. The maximum Gasteiger partial charge on any atom is 0.328 e. The molecule has 170 valence electrons. The van der Waals surface area contributed by atoms with Crippen LogP contribution in [0.5, 0.6) is 0 Å². The van der Waals surface area contributed by atoms with Gasteiger partial charge in [0.2, 0.25) is 0 Å². The number of tetrazole rings is 1. The number of benzene rings is 2. The van der Waals surface area contributed by atoms with Gasteiger partial charge < -0.3 is 0 Å². The van der Waals surface area contributed by atoms with E-state index in [9.17, 15) is 4.79 Å². The normalized spacial score (nSPS) is 11.1.